The van der Waals surface area contributed by atoms with Gasteiger partial charge in [-0.05, 0) is 44.0 Å². The van der Waals surface area contributed by atoms with Crippen LogP contribution in [0.5, 0.6) is 0 Å². The number of nitriles is 1. The molecule has 3 rings (SSSR count). The van der Waals surface area contributed by atoms with Crippen LogP contribution >= 0.6 is 0 Å². The van der Waals surface area contributed by atoms with Gasteiger partial charge in [0.25, 0.3) is 5.91 Å². The average molecular weight is 418 g/mol. The highest BCUT2D eigenvalue weighted by Crippen LogP contribution is 2.38. The highest BCUT2D eigenvalue weighted by atomic mass is 19.4. The number of likely N-dealkylation sites (N-methyl/N-ethyl adjacent to an activating group) is 1. The van der Waals surface area contributed by atoms with Crippen LogP contribution in [0.15, 0.2) is 30.3 Å². The van der Waals surface area contributed by atoms with Gasteiger partial charge in [0, 0.05) is 25.0 Å². The number of halogens is 3. The number of amides is 1. The Balaban J connectivity index is 2.05. The van der Waals surface area contributed by atoms with Crippen molar-refractivity contribution >= 4 is 17.4 Å². The summed E-state index contributed by atoms with van der Waals surface area (Å²) in [4.78, 5) is 20.0. The van der Waals surface area contributed by atoms with Crippen LogP contribution in [0.4, 0.5) is 24.7 Å². The lowest BCUT2D eigenvalue weighted by molar-refractivity contribution is -0.137. The predicted molar refractivity (Wildman–Crippen MR) is 105 cm³/mol. The van der Waals surface area contributed by atoms with Crippen molar-refractivity contribution < 1.29 is 23.1 Å². The van der Waals surface area contributed by atoms with Crippen LogP contribution < -0.4 is 9.80 Å². The summed E-state index contributed by atoms with van der Waals surface area (Å²) in [6.45, 7) is 3.36. The standard InChI is InChI=1S/C21H21F3N4O2/c1-12-5-4-6-14(9-12)27(3)20(30)18-17(29)7-8-28(18)19-15(11-25)16(21(22,23)24)10-13(2)26-19/h4-6,9-10,17-18,29H,7-8H2,1-3H3. The number of alkyl halides is 3. The topological polar surface area (TPSA) is 80.5 Å². The van der Waals surface area contributed by atoms with E-state index in [1.807, 2.05) is 13.0 Å². The van der Waals surface area contributed by atoms with Crippen molar-refractivity contribution in [2.45, 2.75) is 38.6 Å². The number of pyridine rings is 1. The Kier molecular flexibility index (Phi) is 5.72. The summed E-state index contributed by atoms with van der Waals surface area (Å²) in [5.74, 6) is -0.733. The summed E-state index contributed by atoms with van der Waals surface area (Å²) < 4.78 is 40.4. The second-order valence-corrected chi connectivity index (χ2v) is 7.35. The van der Waals surface area contributed by atoms with E-state index in [1.165, 1.54) is 23.8 Å². The molecule has 1 aromatic carbocycles. The maximum atomic E-state index is 13.5. The van der Waals surface area contributed by atoms with E-state index in [0.29, 0.717) is 5.69 Å². The number of benzene rings is 1. The van der Waals surface area contributed by atoms with Crippen molar-refractivity contribution in [3.05, 3.63) is 52.7 Å². The molecule has 9 heteroatoms. The van der Waals surface area contributed by atoms with Gasteiger partial charge in [0.2, 0.25) is 0 Å². The number of carbonyl (C=O) groups is 1. The van der Waals surface area contributed by atoms with E-state index >= 15 is 0 Å². The van der Waals surface area contributed by atoms with Gasteiger partial charge in [-0.3, -0.25) is 4.79 Å². The van der Waals surface area contributed by atoms with Crippen LogP contribution in [0.3, 0.4) is 0 Å². The van der Waals surface area contributed by atoms with E-state index in [9.17, 15) is 28.3 Å². The summed E-state index contributed by atoms with van der Waals surface area (Å²) in [6.07, 6.45) is -5.68. The SMILES string of the molecule is Cc1cccc(N(C)C(=O)C2C(O)CCN2c2nc(C)cc(C(F)(F)F)c2C#N)c1. The van der Waals surface area contributed by atoms with Crippen LogP contribution in [-0.2, 0) is 11.0 Å². The maximum absolute atomic E-state index is 13.5. The van der Waals surface area contributed by atoms with Crippen LogP contribution in [0.2, 0.25) is 0 Å². The number of anilines is 2. The molecule has 0 spiro atoms. The Morgan fingerprint density at radius 1 is 1.33 bits per heavy atom. The first-order chi connectivity index (χ1) is 14.0. The van der Waals surface area contributed by atoms with E-state index in [-0.39, 0.29) is 24.5 Å². The molecule has 1 aliphatic rings. The average Bonchev–Trinajstić information content (AvgIpc) is 3.06. The fourth-order valence-corrected chi connectivity index (χ4v) is 3.67. The molecule has 0 radical (unpaired) electrons. The third-order valence-electron chi connectivity index (χ3n) is 5.16. The molecule has 2 atom stereocenters. The normalized spacial score (nSPS) is 18.9. The molecular weight excluding hydrogens is 397 g/mol. The number of rotatable bonds is 3. The van der Waals surface area contributed by atoms with Crippen LogP contribution in [0, 0.1) is 25.2 Å². The summed E-state index contributed by atoms with van der Waals surface area (Å²) in [5.41, 5.74) is -0.174. The van der Waals surface area contributed by atoms with Crippen LogP contribution in [0.1, 0.15) is 28.8 Å². The molecule has 1 aromatic heterocycles. The molecule has 30 heavy (non-hydrogen) atoms. The first-order valence-corrected chi connectivity index (χ1v) is 9.32. The third-order valence-corrected chi connectivity index (χ3v) is 5.16. The Labute approximate surface area is 172 Å². The van der Waals surface area contributed by atoms with Crippen molar-refractivity contribution in [2.24, 2.45) is 0 Å². The minimum Gasteiger partial charge on any atom is -0.390 e. The number of carbonyl (C=O) groups excluding carboxylic acids is 1. The van der Waals surface area contributed by atoms with Crippen molar-refractivity contribution in [3.63, 3.8) is 0 Å². The van der Waals surface area contributed by atoms with Gasteiger partial charge < -0.3 is 14.9 Å². The van der Waals surface area contributed by atoms with Gasteiger partial charge >= 0.3 is 6.18 Å². The van der Waals surface area contributed by atoms with Crippen LogP contribution in [0.25, 0.3) is 0 Å². The first kappa shape index (κ1) is 21.6. The van der Waals surface area contributed by atoms with Gasteiger partial charge in [0.1, 0.15) is 23.5 Å². The number of aromatic nitrogens is 1. The Morgan fingerprint density at radius 2 is 2.03 bits per heavy atom. The van der Waals surface area contributed by atoms with Gasteiger partial charge in [0.15, 0.2) is 0 Å². The molecule has 1 fully saturated rings. The second kappa shape index (κ2) is 7.95. The molecule has 158 valence electrons. The smallest absolute Gasteiger partial charge is 0.390 e. The molecule has 1 saturated heterocycles. The molecule has 0 aliphatic carbocycles. The Bertz CT molecular complexity index is 1020. The predicted octanol–water partition coefficient (Wildman–Crippen LogP) is 3.19. The van der Waals surface area contributed by atoms with E-state index in [4.69, 9.17) is 0 Å². The first-order valence-electron chi connectivity index (χ1n) is 9.32. The quantitative estimate of drug-likeness (QED) is 0.828. The molecule has 0 bridgehead atoms. The van der Waals surface area contributed by atoms with Crippen LogP contribution in [-0.4, -0.2) is 41.7 Å². The monoisotopic (exact) mass is 418 g/mol. The molecule has 2 unspecified atom stereocenters. The molecule has 1 amide bonds. The van der Waals surface area contributed by atoms with Gasteiger partial charge in [-0.2, -0.15) is 18.4 Å². The molecule has 2 aromatic rings. The molecule has 6 nitrogen and oxygen atoms in total. The number of nitrogens with zero attached hydrogens (tertiary/aromatic N) is 4. The third kappa shape index (κ3) is 3.96. The summed E-state index contributed by atoms with van der Waals surface area (Å²) in [5, 5.41) is 19.9. The van der Waals surface area contributed by atoms with Crippen molar-refractivity contribution in [1.29, 1.82) is 5.26 Å². The second-order valence-electron chi connectivity index (χ2n) is 7.35. The van der Waals surface area contributed by atoms with E-state index in [1.54, 1.807) is 24.3 Å². The molecule has 2 heterocycles. The minimum atomic E-state index is -4.75. The lowest BCUT2D eigenvalue weighted by Crippen LogP contribution is -2.49. The molecular formula is C21H21F3N4O2. The van der Waals surface area contributed by atoms with Crippen molar-refractivity contribution in [2.75, 3.05) is 23.4 Å². The van der Waals surface area contributed by atoms with Gasteiger partial charge in [-0.1, -0.05) is 12.1 Å². The Morgan fingerprint density at radius 3 is 2.63 bits per heavy atom. The lowest BCUT2D eigenvalue weighted by atomic mass is 10.1. The number of aryl methyl sites for hydroxylation is 2. The highest BCUT2D eigenvalue weighted by Gasteiger charge is 2.44. The fourth-order valence-electron chi connectivity index (χ4n) is 3.67. The highest BCUT2D eigenvalue weighted by molar-refractivity contribution is 5.99. The number of hydrogen-bond donors (Lipinski definition) is 1. The zero-order valence-corrected chi connectivity index (χ0v) is 16.7. The Hall–Kier alpha value is -3.12. The fraction of sp³-hybridized carbons (Fsp3) is 0.381. The molecule has 1 aliphatic heterocycles. The largest absolute Gasteiger partial charge is 0.417 e. The maximum Gasteiger partial charge on any atom is 0.417 e. The number of aliphatic hydroxyl groups excluding tert-OH is 1. The summed E-state index contributed by atoms with van der Waals surface area (Å²) >= 11 is 0. The zero-order valence-electron chi connectivity index (χ0n) is 16.7. The number of hydrogen-bond acceptors (Lipinski definition) is 5. The van der Waals surface area contributed by atoms with E-state index < -0.39 is 35.4 Å². The minimum absolute atomic E-state index is 0.0657. The van der Waals surface area contributed by atoms with E-state index in [2.05, 4.69) is 4.98 Å². The van der Waals surface area contributed by atoms with Crippen molar-refractivity contribution in [1.82, 2.24) is 4.98 Å². The van der Waals surface area contributed by atoms with Crippen molar-refractivity contribution in [3.8, 4) is 6.07 Å². The lowest BCUT2D eigenvalue weighted by Gasteiger charge is -2.31. The van der Waals surface area contributed by atoms with Gasteiger partial charge in [0.05, 0.1) is 11.7 Å². The number of aliphatic hydroxyl groups is 1. The summed E-state index contributed by atoms with van der Waals surface area (Å²) in [7, 11) is 1.54. The molecule has 0 saturated carbocycles. The summed E-state index contributed by atoms with van der Waals surface area (Å²) in [6, 6.07) is 8.41. The van der Waals surface area contributed by atoms with Gasteiger partial charge in [-0.15, -0.1) is 0 Å². The van der Waals surface area contributed by atoms with Gasteiger partial charge in [-0.25, -0.2) is 4.98 Å². The zero-order chi connectivity index (χ0) is 22.2. The van der Waals surface area contributed by atoms with E-state index in [0.717, 1.165) is 11.6 Å². The molecule has 1 N–H and O–H groups in total.